The highest BCUT2D eigenvalue weighted by molar-refractivity contribution is 7.07. The summed E-state index contributed by atoms with van der Waals surface area (Å²) in [5, 5.41) is 13.6. The van der Waals surface area contributed by atoms with Crippen LogP contribution in [0.4, 0.5) is 13.2 Å². The predicted octanol–water partition coefficient (Wildman–Crippen LogP) is 3.83. The van der Waals surface area contributed by atoms with E-state index in [2.05, 4.69) is 0 Å². The molecule has 96 valence electrons. The first kappa shape index (κ1) is 13.1. The molecule has 0 saturated heterocycles. The highest BCUT2D eigenvalue weighted by Gasteiger charge is 2.16. The normalized spacial score (nSPS) is 12.7. The van der Waals surface area contributed by atoms with Crippen LogP contribution in [-0.4, -0.2) is 5.11 Å². The molecule has 1 nitrogen and oxygen atoms in total. The van der Waals surface area contributed by atoms with Gasteiger partial charge in [0.15, 0.2) is 11.6 Å². The lowest BCUT2D eigenvalue weighted by molar-refractivity contribution is 0.162. The summed E-state index contributed by atoms with van der Waals surface area (Å²) in [4.78, 5) is 0. The average molecular weight is 272 g/mol. The SMILES string of the molecule is OC(CCc1ccsc1)c1cc(F)c(F)cc1F. The van der Waals surface area contributed by atoms with Crippen molar-refractivity contribution in [3.63, 3.8) is 0 Å². The molecule has 1 unspecified atom stereocenters. The molecule has 0 fully saturated rings. The molecule has 5 heteroatoms. The van der Waals surface area contributed by atoms with E-state index >= 15 is 0 Å². The predicted molar refractivity (Wildman–Crippen MR) is 63.9 cm³/mol. The van der Waals surface area contributed by atoms with Crippen LogP contribution in [0.25, 0.3) is 0 Å². The van der Waals surface area contributed by atoms with E-state index in [0.717, 1.165) is 5.56 Å². The minimum Gasteiger partial charge on any atom is -0.388 e. The van der Waals surface area contributed by atoms with Crippen molar-refractivity contribution in [2.24, 2.45) is 0 Å². The third-order valence-electron chi connectivity index (χ3n) is 2.69. The number of halogens is 3. The lowest BCUT2D eigenvalue weighted by Crippen LogP contribution is -2.04. The van der Waals surface area contributed by atoms with Gasteiger partial charge in [0.25, 0.3) is 0 Å². The van der Waals surface area contributed by atoms with Gasteiger partial charge in [-0.3, -0.25) is 0 Å². The lowest BCUT2D eigenvalue weighted by Gasteiger charge is -2.11. The highest BCUT2D eigenvalue weighted by Crippen LogP contribution is 2.24. The summed E-state index contributed by atoms with van der Waals surface area (Å²) < 4.78 is 39.1. The Morgan fingerprint density at radius 2 is 1.83 bits per heavy atom. The maximum atomic E-state index is 13.4. The van der Waals surface area contributed by atoms with Gasteiger partial charge in [0.05, 0.1) is 6.10 Å². The summed E-state index contributed by atoms with van der Waals surface area (Å²) in [6, 6.07) is 3.07. The van der Waals surface area contributed by atoms with E-state index in [0.29, 0.717) is 18.6 Å². The molecule has 0 spiro atoms. The topological polar surface area (TPSA) is 20.2 Å². The molecule has 0 radical (unpaired) electrons. The van der Waals surface area contributed by atoms with E-state index in [-0.39, 0.29) is 12.0 Å². The van der Waals surface area contributed by atoms with Gasteiger partial charge >= 0.3 is 0 Å². The molecule has 0 bridgehead atoms. The fraction of sp³-hybridized carbons (Fsp3) is 0.231. The van der Waals surface area contributed by atoms with Gasteiger partial charge in [0.2, 0.25) is 0 Å². The first-order chi connectivity index (χ1) is 8.58. The molecule has 0 amide bonds. The van der Waals surface area contributed by atoms with Crippen molar-refractivity contribution in [2.75, 3.05) is 0 Å². The second-order valence-corrected chi connectivity index (χ2v) is 4.75. The van der Waals surface area contributed by atoms with E-state index in [1.807, 2.05) is 16.8 Å². The van der Waals surface area contributed by atoms with E-state index in [1.54, 1.807) is 0 Å². The van der Waals surface area contributed by atoms with Crippen molar-refractivity contribution in [2.45, 2.75) is 18.9 Å². The molecule has 18 heavy (non-hydrogen) atoms. The quantitative estimate of drug-likeness (QED) is 0.839. The Morgan fingerprint density at radius 1 is 1.11 bits per heavy atom. The molecule has 1 heterocycles. The molecule has 1 atom stereocenters. The van der Waals surface area contributed by atoms with E-state index in [4.69, 9.17) is 0 Å². The number of hydrogen-bond acceptors (Lipinski definition) is 2. The van der Waals surface area contributed by atoms with Crippen LogP contribution in [0, 0.1) is 17.5 Å². The molecule has 0 aliphatic carbocycles. The zero-order valence-electron chi connectivity index (χ0n) is 9.37. The Balaban J connectivity index is 2.09. The van der Waals surface area contributed by atoms with E-state index < -0.39 is 23.6 Å². The maximum absolute atomic E-state index is 13.4. The van der Waals surface area contributed by atoms with Crippen LogP contribution < -0.4 is 0 Å². The zero-order chi connectivity index (χ0) is 13.1. The van der Waals surface area contributed by atoms with Crippen LogP contribution >= 0.6 is 11.3 Å². The van der Waals surface area contributed by atoms with Crippen molar-refractivity contribution in [3.05, 3.63) is 57.5 Å². The summed E-state index contributed by atoms with van der Waals surface area (Å²) >= 11 is 1.53. The van der Waals surface area contributed by atoms with Gasteiger partial charge in [0.1, 0.15) is 5.82 Å². The van der Waals surface area contributed by atoms with Gasteiger partial charge in [-0.1, -0.05) is 0 Å². The van der Waals surface area contributed by atoms with Crippen LogP contribution in [0.1, 0.15) is 23.7 Å². The first-order valence-corrected chi connectivity index (χ1v) is 6.36. The average Bonchev–Trinajstić information content (AvgIpc) is 2.84. The van der Waals surface area contributed by atoms with Gasteiger partial charge in [-0.25, -0.2) is 13.2 Å². The largest absolute Gasteiger partial charge is 0.388 e. The second kappa shape index (κ2) is 5.54. The van der Waals surface area contributed by atoms with E-state index in [9.17, 15) is 18.3 Å². The summed E-state index contributed by atoms with van der Waals surface area (Å²) in [6.07, 6.45) is -0.318. The smallest absolute Gasteiger partial charge is 0.161 e. The van der Waals surface area contributed by atoms with Gasteiger partial charge in [-0.15, -0.1) is 0 Å². The molecule has 2 rings (SSSR count). The number of rotatable bonds is 4. The summed E-state index contributed by atoms with van der Waals surface area (Å²) in [5.74, 6) is -3.33. The highest BCUT2D eigenvalue weighted by atomic mass is 32.1. The summed E-state index contributed by atoms with van der Waals surface area (Å²) in [5.41, 5.74) is 0.825. The molecular formula is C13H11F3OS. The van der Waals surface area contributed by atoms with Crippen LogP contribution in [0.3, 0.4) is 0 Å². The molecule has 1 N–H and O–H groups in total. The number of hydrogen-bond donors (Lipinski definition) is 1. The Bertz CT molecular complexity index is 525. The summed E-state index contributed by atoms with van der Waals surface area (Å²) in [7, 11) is 0. The van der Waals surface area contributed by atoms with Crippen LogP contribution in [-0.2, 0) is 6.42 Å². The number of aliphatic hydroxyl groups is 1. The van der Waals surface area contributed by atoms with Crippen LogP contribution in [0.15, 0.2) is 29.0 Å². The Kier molecular flexibility index (Phi) is 4.04. The van der Waals surface area contributed by atoms with Crippen LogP contribution in [0.5, 0.6) is 0 Å². The molecule has 1 aromatic carbocycles. The molecular weight excluding hydrogens is 261 g/mol. The summed E-state index contributed by atoms with van der Waals surface area (Å²) in [6.45, 7) is 0. The Morgan fingerprint density at radius 3 is 2.50 bits per heavy atom. The van der Waals surface area contributed by atoms with Gasteiger partial charge in [-0.05, 0) is 41.3 Å². The van der Waals surface area contributed by atoms with Crippen molar-refractivity contribution in [1.29, 1.82) is 0 Å². The number of aryl methyl sites for hydroxylation is 1. The monoisotopic (exact) mass is 272 g/mol. The van der Waals surface area contributed by atoms with Crippen molar-refractivity contribution in [3.8, 4) is 0 Å². The van der Waals surface area contributed by atoms with E-state index in [1.165, 1.54) is 11.3 Å². The number of aliphatic hydroxyl groups excluding tert-OH is 1. The van der Waals surface area contributed by atoms with Gasteiger partial charge < -0.3 is 5.11 Å². The van der Waals surface area contributed by atoms with Crippen molar-refractivity contribution in [1.82, 2.24) is 0 Å². The number of thiophene rings is 1. The van der Waals surface area contributed by atoms with Gasteiger partial charge in [0, 0.05) is 11.6 Å². The molecule has 0 saturated carbocycles. The minimum atomic E-state index is -1.25. The van der Waals surface area contributed by atoms with Crippen LogP contribution in [0.2, 0.25) is 0 Å². The molecule has 0 aliphatic heterocycles. The first-order valence-electron chi connectivity index (χ1n) is 5.41. The third-order valence-corrected chi connectivity index (χ3v) is 3.42. The van der Waals surface area contributed by atoms with Crippen molar-refractivity contribution >= 4 is 11.3 Å². The maximum Gasteiger partial charge on any atom is 0.161 e. The minimum absolute atomic E-state index is 0.205. The Labute approximate surface area is 107 Å². The fourth-order valence-corrected chi connectivity index (χ4v) is 2.39. The molecule has 0 aliphatic rings. The fourth-order valence-electron chi connectivity index (χ4n) is 1.69. The lowest BCUT2D eigenvalue weighted by atomic mass is 10.0. The zero-order valence-corrected chi connectivity index (χ0v) is 10.2. The Hall–Kier alpha value is -1.33. The third kappa shape index (κ3) is 2.91. The van der Waals surface area contributed by atoms with Crippen molar-refractivity contribution < 1.29 is 18.3 Å². The second-order valence-electron chi connectivity index (χ2n) is 3.97. The standard InChI is InChI=1S/C13H11F3OS/c14-10-6-12(16)11(15)5-9(10)13(17)2-1-8-3-4-18-7-8/h3-7,13,17H,1-2H2. The molecule has 1 aromatic heterocycles. The van der Waals surface area contributed by atoms with Gasteiger partial charge in [-0.2, -0.15) is 11.3 Å². The number of benzene rings is 1. The molecule has 2 aromatic rings.